The van der Waals surface area contributed by atoms with Crippen molar-refractivity contribution in [3.63, 3.8) is 0 Å². The molecule has 1 fully saturated rings. The molecule has 1 aliphatic heterocycles. The minimum absolute atomic E-state index is 0.225. The fraction of sp³-hybridized carbons (Fsp3) is 0.474. The number of rotatable bonds is 6. The van der Waals surface area contributed by atoms with Crippen LogP contribution in [0.4, 0.5) is 10.2 Å². The summed E-state index contributed by atoms with van der Waals surface area (Å²) in [6.07, 6.45) is 6.96. The van der Waals surface area contributed by atoms with E-state index in [1.807, 2.05) is 12.3 Å². The molecule has 0 atom stereocenters. The maximum atomic E-state index is 12.0. The van der Waals surface area contributed by atoms with Crippen LogP contribution in [0.2, 0.25) is 0 Å². The molecular formula is C19H23FN4O. The van der Waals surface area contributed by atoms with Crippen LogP contribution in [-0.4, -0.2) is 47.9 Å². The molecule has 1 aliphatic rings. The van der Waals surface area contributed by atoms with E-state index in [9.17, 15) is 4.39 Å². The number of hydrogen-bond donors (Lipinski definition) is 1. The zero-order valence-corrected chi connectivity index (χ0v) is 14.2. The number of aromatic nitrogens is 3. The van der Waals surface area contributed by atoms with Gasteiger partial charge in [-0.05, 0) is 43.4 Å². The van der Waals surface area contributed by atoms with Gasteiger partial charge in [0.05, 0.1) is 12.1 Å². The van der Waals surface area contributed by atoms with E-state index in [1.54, 1.807) is 6.20 Å². The minimum Gasteiger partial charge on any atom is -0.379 e. The molecule has 1 saturated heterocycles. The quantitative estimate of drug-likeness (QED) is 0.694. The van der Waals surface area contributed by atoms with Crippen molar-refractivity contribution in [3.8, 4) is 0 Å². The summed E-state index contributed by atoms with van der Waals surface area (Å²) >= 11 is 0. The summed E-state index contributed by atoms with van der Waals surface area (Å²) in [5.41, 5.74) is 1.99. The van der Waals surface area contributed by atoms with Crippen LogP contribution < -0.4 is 4.90 Å². The van der Waals surface area contributed by atoms with Gasteiger partial charge in [-0.2, -0.15) is 0 Å². The SMILES string of the molecule is FCCOCCC1CCN(c2ccc3c(n2)[nH]c2ccncc23)CC1. The predicted molar refractivity (Wildman–Crippen MR) is 97.7 cm³/mol. The normalized spacial score (nSPS) is 16.1. The topological polar surface area (TPSA) is 54.0 Å². The van der Waals surface area contributed by atoms with Gasteiger partial charge in [0.2, 0.25) is 0 Å². The van der Waals surface area contributed by atoms with Crippen LogP contribution in [0.25, 0.3) is 21.9 Å². The van der Waals surface area contributed by atoms with Gasteiger partial charge in [0.15, 0.2) is 0 Å². The molecule has 25 heavy (non-hydrogen) atoms. The van der Waals surface area contributed by atoms with Crippen LogP contribution in [0.15, 0.2) is 30.6 Å². The number of ether oxygens (including phenoxy) is 1. The number of pyridine rings is 2. The predicted octanol–water partition coefficient (Wildman–Crippen LogP) is 3.70. The van der Waals surface area contributed by atoms with Crippen molar-refractivity contribution in [3.05, 3.63) is 30.6 Å². The smallest absolute Gasteiger partial charge is 0.140 e. The molecule has 4 rings (SSSR count). The van der Waals surface area contributed by atoms with E-state index in [-0.39, 0.29) is 6.61 Å². The average molecular weight is 342 g/mol. The highest BCUT2D eigenvalue weighted by molar-refractivity contribution is 6.05. The van der Waals surface area contributed by atoms with E-state index in [0.29, 0.717) is 12.5 Å². The highest BCUT2D eigenvalue weighted by atomic mass is 19.1. The number of alkyl halides is 1. The summed E-state index contributed by atoms with van der Waals surface area (Å²) < 4.78 is 17.3. The Kier molecular flexibility index (Phi) is 4.78. The molecule has 0 saturated carbocycles. The first kappa shape index (κ1) is 16.3. The third-order valence-corrected chi connectivity index (χ3v) is 5.08. The van der Waals surface area contributed by atoms with E-state index in [1.165, 1.54) is 0 Å². The zero-order valence-electron chi connectivity index (χ0n) is 14.2. The third-order valence-electron chi connectivity index (χ3n) is 5.08. The lowest BCUT2D eigenvalue weighted by molar-refractivity contribution is 0.103. The number of hydrogen-bond acceptors (Lipinski definition) is 4. The first-order chi connectivity index (χ1) is 12.3. The molecule has 0 bridgehead atoms. The Balaban J connectivity index is 1.42. The van der Waals surface area contributed by atoms with E-state index in [0.717, 1.165) is 60.1 Å². The maximum Gasteiger partial charge on any atom is 0.140 e. The Morgan fingerprint density at radius 2 is 2.04 bits per heavy atom. The van der Waals surface area contributed by atoms with Gasteiger partial charge in [0, 0.05) is 42.9 Å². The van der Waals surface area contributed by atoms with Crippen LogP contribution in [0, 0.1) is 5.92 Å². The lowest BCUT2D eigenvalue weighted by Crippen LogP contribution is -2.34. The maximum absolute atomic E-state index is 12.0. The molecule has 3 aromatic heterocycles. The fourth-order valence-corrected chi connectivity index (χ4v) is 3.64. The van der Waals surface area contributed by atoms with E-state index in [4.69, 9.17) is 9.72 Å². The molecule has 6 heteroatoms. The highest BCUT2D eigenvalue weighted by Gasteiger charge is 2.20. The summed E-state index contributed by atoms with van der Waals surface area (Å²) in [4.78, 5) is 14.8. The number of halogens is 1. The summed E-state index contributed by atoms with van der Waals surface area (Å²) in [6.45, 7) is 2.52. The van der Waals surface area contributed by atoms with Gasteiger partial charge in [-0.25, -0.2) is 9.37 Å². The molecule has 0 amide bonds. The van der Waals surface area contributed by atoms with Crippen LogP contribution >= 0.6 is 0 Å². The number of piperidine rings is 1. The molecule has 0 aliphatic carbocycles. The molecule has 4 heterocycles. The summed E-state index contributed by atoms with van der Waals surface area (Å²) in [7, 11) is 0. The van der Waals surface area contributed by atoms with E-state index in [2.05, 4.69) is 27.0 Å². The standard InChI is InChI=1S/C19H23FN4O/c20-7-12-25-11-6-14-4-9-24(10-5-14)18-2-1-15-16-13-21-8-3-17(16)22-19(15)23-18/h1-3,8,13-14H,4-7,9-12H2,(H,22,23). The molecular weight excluding hydrogens is 319 g/mol. The number of nitrogens with one attached hydrogen (secondary N) is 1. The Morgan fingerprint density at radius 3 is 2.88 bits per heavy atom. The van der Waals surface area contributed by atoms with Crippen molar-refractivity contribution in [2.45, 2.75) is 19.3 Å². The van der Waals surface area contributed by atoms with Gasteiger partial charge in [0.25, 0.3) is 0 Å². The van der Waals surface area contributed by atoms with Crippen LogP contribution in [-0.2, 0) is 4.74 Å². The van der Waals surface area contributed by atoms with Gasteiger partial charge in [0.1, 0.15) is 18.1 Å². The Labute approximate surface area is 146 Å². The first-order valence-electron chi connectivity index (χ1n) is 8.96. The molecule has 0 unspecified atom stereocenters. The number of anilines is 1. The Morgan fingerprint density at radius 1 is 1.16 bits per heavy atom. The number of aromatic amines is 1. The Hall–Kier alpha value is -2.21. The summed E-state index contributed by atoms with van der Waals surface area (Å²) in [6, 6.07) is 6.22. The van der Waals surface area contributed by atoms with Crippen molar-refractivity contribution < 1.29 is 9.13 Å². The van der Waals surface area contributed by atoms with Gasteiger partial charge in [-0.15, -0.1) is 0 Å². The second-order valence-electron chi connectivity index (χ2n) is 6.63. The molecule has 3 aromatic rings. The second-order valence-corrected chi connectivity index (χ2v) is 6.63. The molecule has 132 valence electrons. The first-order valence-corrected chi connectivity index (χ1v) is 8.96. The molecule has 0 radical (unpaired) electrons. The van der Waals surface area contributed by atoms with Gasteiger partial charge in [-0.1, -0.05) is 0 Å². The summed E-state index contributed by atoms with van der Waals surface area (Å²) in [5, 5.41) is 2.23. The van der Waals surface area contributed by atoms with Crippen molar-refractivity contribution in [1.29, 1.82) is 0 Å². The monoisotopic (exact) mass is 342 g/mol. The van der Waals surface area contributed by atoms with Crippen LogP contribution in [0.1, 0.15) is 19.3 Å². The van der Waals surface area contributed by atoms with E-state index >= 15 is 0 Å². The Bertz CT molecular complexity index is 842. The van der Waals surface area contributed by atoms with Crippen molar-refractivity contribution in [2.75, 3.05) is 37.9 Å². The molecule has 5 nitrogen and oxygen atoms in total. The van der Waals surface area contributed by atoms with Crippen LogP contribution in [0.5, 0.6) is 0 Å². The zero-order chi connectivity index (χ0) is 17.1. The molecule has 0 spiro atoms. The van der Waals surface area contributed by atoms with Gasteiger partial charge in [-0.3, -0.25) is 4.98 Å². The van der Waals surface area contributed by atoms with Gasteiger partial charge >= 0.3 is 0 Å². The van der Waals surface area contributed by atoms with E-state index < -0.39 is 6.67 Å². The largest absolute Gasteiger partial charge is 0.379 e. The van der Waals surface area contributed by atoms with Crippen molar-refractivity contribution >= 4 is 27.8 Å². The van der Waals surface area contributed by atoms with Crippen molar-refractivity contribution in [1.82, 2.24) is 15.0 Å². The third kappa shape index (κ3) is 3.44. The molecule has 1 N–H and O–H groups in total. The minimum atomic E-state index is -0.392. The number of nitrogens with zero attached hydrogens (tertiary/aromatic N) is 3. The van der Waals surface area contributed by atoms with Crippen molar-refractivity contribution in [2.24, 2.45) is 5.92 Å². The average Bonchev–Trinajstić information content (AvgIpc) is 3.03. The lowest BCUT2D eigenvalue weighted by Gasteiger charge is -2.32. The number of fused-ring (bicyclic) bond motifs is 3. The molecule has 0 aromatic carbocycles. The summed E-state index contributed by atoms with van der Waals surface area (Å²) in [5.74, 6) is 1.69. The van der Waals surface area contributed by atoms with Crippen LogP contribution in [0.3, 0.4) is 0 Å². The fourth-order valence-electron chi connectivity index (χ4n) is 3.64. The second kappa shape index (κ2) is 7.35. The van der Waals surface area contributed by atoms with Gasteiger partial charge < -0.3 is 14.6 Å². The number of H-pyrrole nitrogens is 1. The highest BCUT2D eigenvalue weighted by Crippen LogP contribution is 2.28. The lowest BCUT2D eigenvalue weighted by atomic mass is 9.94.